The van der Waals surface area contributed by atoms with Gasteiger partial charge in [-0.1, -0.05) is 13.5 Å². The molecule has 5 heteroatoms. The Morgan fingerprint density at radius 3 is 2.62 bits per heavy atom. The number of hydrogen-bond acceptors (Lipinski definition) is 2. The van der Waals surface area contributed by atoms with Crippen molar-refractivity contribution >= 4 is 10.9 Å². The van der Waals surface area contributed by atoms with Crippen LogP contribution in [-0.4, -0.2) is 28.0 Å². The first-order chi connectivity index (χ1) is 12.0. The molecule has 3 aromatic rings. The molecular formula is C21H25F2N3. The molecule has 1 aliphatic heterocycles. The lowest BCUT2D eigenvalue weighted by molar-refractivity contribution is 0.309. The fourth-order valence-corrected chi connectivity index (χ4v) is 3.77. The minimum atomic E-state index is -0.351. The Hall–Kier alpha value is -2.27. The van der Waals surface area contributed by atoms with Crippen molar-refractivity contribution in [1.29, 1.82) is 0 Å². The van der Waals surface area contributed by atoms with E-state index in [9.17, 15) is 8.78 Å². The summed E-state index contributed by atoms with van der Waals surface area (Å²) in [6.45, 7) is 4.14. The van der Waals surface area contributed by atoms with Crippen LogP contribution in [-0.2, 0) is 25.9 Å². The van der Waals surface area contributed by atoms with Gasteiger partial charge in [0.1, 0.15) is 11.6 Å². The van der Waals surface area contributed by atoms with Gasteiger partial charge < -0.3 is 9.47 Å². The Morgan fingerprint density at radius 2 is 1.88 bits per heavy atom. The number of nitrogens with zero attached hydrogens (tertiary/aromatic N) is 3. The van der Waals surface area contributed by atoms with Gasteiger partial charge in [-0.3, -0.25) is 4.98 Å². The maximum Gasteiger partial charge on any atom is 0.147 e. The lowest BCUT2D eigenvalue weighted by atomic mass is 10.0. The largest absolute Gasteiger partial charge is 0.341 e. The van der Waals surface area contributed by atoms with Gasteiger partial charge in [0.05, 0.1) is 5.52 Å². The second kappa shape index (κ2) is 7.16. The third-order valence-electron chi connectivity index (χ3n) is 5.08. The summed E-state index contributed by atoms with van der Waals surface area (Å²) < 4.78 is 31.1. The van der Waals surface area contributed by atoms with Gasteiger partial charge in [-0.2, -0.15) is 0 Å². The number of pyridine rings is 1. The molecule has 1 aliphatic rings. The second-order valence-electron chi connectivity index (χ2n) is 6.88. The average Bonchev–Trinajstić information content (AvgIpc) is 2.92. The van der Waals surface area contributed by atoms with Crippen LogP contribution in [0.3, 0.4) is 0 Å². The van der Waals surface area contributed by atoms with Crippen LogP contribution in [0, 0.1) is 18.6 Å². The Balaban J connectivity index is 0.00000196. The van der Waals surface area contributed by atoms with Crippen LogP contribution in [0.4, 0.5) is 8.78 Å². The summed E-state index contributed by atoms with van der Waals surface area (Å²) in [6, 6.07) is 6.50. The number of aromatic nitrogens is 2. The van der Waals surface area contributed by atoms with Crippen molar-refractivity contribution in [3.63, 3.8) is 0 Å². The van der Waals surface area contributed by atoms with Gasteiger partial charge in [0.15, 0.2) is 0 Å². The van der Waals surface area contributed by atoms with E-state index in [1.165, 1.54) is 12.1 Å². The van der Waals surface area contributed by atoms with Crippen molar-refractivity contribution in [2.45, 2.75) is 40.3 Å². The fourth-order valence-electron chi connectivity index (χ4n) is 3.77. The Kier molecular flexibility index (Phi) is 5.10. The van der Waals surface area contributed by atoms with Crippen LogP contribution < -0.4 is 0 Å². The number of halogens is 2. The Bertz CT molecular complexity index is 929. The van der Waals surface area contributed by atoms with E-state index >= 15 is 0 Å². The first kappa shape index (κ1) is 18.5. The predicted octanol–water partition coefficient (Wildman–Crippen LogP) is 4.49. The summed E-state index contributed by atoms with van der Waals surface area (Å²) in [7, 11) is 2.02. The van der Waals surface area contributed by atoms with Crippen LogP contribution in [0.5, 0.6) is 0 Å². The number of hydrogen-bond donors (Lipinski definition) is 0. The van der Waals surface area contributed by atoms with Crippen LogP contribution >= 0.6 is 0 Å². The highest BCUT2D eigenvalue weighted by atomic mass is 19.1. The molecule has 0 spiro atoms. The quantitative estimate of drug-likeness (QED) is 0.689. The van der Waals surface area contributed by atoms with E-state index in [1.54, 1.807) is 0 Å². The summed E-state index contributed by atoms with van der Waals surface area (Å²) in [4.78, 5) is 6.47. The van der Waals surface area contributed by atoms with Gasteiger partial charge >= 0.3 is 0 Å². The lowest BCUT2D eigenvalue weighted by Gasteiger charge is -2.24. The first-order valence-electron chi connectivity index (χ1n) is 8.62. The number of likely N-dealkylation sites (N-methyl/N-ethyl adjacent to an activating group) is 1. The number of fused-ring (bicyclic) bond motifs is 3. The fraction of sp³-hybridized carbons (Fsp3) is 0.381. The van der Waals surface area contributed by atoms with Crippen LogP contribution in [0.25, 0.3) is 10.9 Å². The van der Waals surface area contributed by atoms with Crippen LogP contribution in [0.15, 0.2) is 30.5 Å². The molecule has 1 aromatic carbocycles. The molecule has 26 heavy (non-hydrogen) atoms. The van der Waals surface area contributed by atoms with E-state index in [0.29, 0.717) is 24.0 Å². The van der Waals surface area contributed by atoms with E-state index in [2.05, 4.69) is 9.88 Å². The smallest absolute Gasteiger partial charge is 0.147 e. The third-order valence-corrected chi connectivity index (χ3v) is 5.08. The zero-order valence-electron chi connectivity index (χ0n) is 14.5. The van der Waals surface area contributed by atoms with E-state index in [4.69, 9.17) is 0 Å². The molecule has 0 fully saturated rings. The molecule has 0 atom stereocenters. The van der Waals surface area contributed by atoms with Crippen molar-refractivity contribution in [2.24, 2.45) is 0 Å². The lowest BCUT2D eigenvalue weighted by Crippen LogP contribution is -2.27. The topological polar surface area (TPSA) is 21.1 Å². The van der Waals surface area contributed by atoms with E-state index in [0.717, 1.165) is 41.9 Å². The number of rotatable bonds is 3. The predicted molar refractivity (Wildman–Crippen MR) is 101 cm³/mol. The molecule has 3 heterocycles. The molecule has 2 aromatic heterocycles. The van der Waals surface area contributed by atoms with Crippen LogP contribution in [0.1, 0.15) is 29.9 Å². The standard InChI is InChI=1S/C20H21F2N3.CH4/c1-13-3-4-14(11-23-13)7-10-25-18-8-9-24(2)12-15(18)19-16(21)5-6-17(22)20(19)25;/h3-6,11H,7-10,12H2,1-2H3;1H4. The van der Waals surface area contributed by atoms with Crippen molar-refractivity contribution in [2.75, 3.05) is 13.6 Å². The van der Waals surface area contributed by atoms with Gasteiger partial charge in [-0.25, -0.2) is 8.78 Å². The zero-order valence-corrected chi connectivity index (χ0v) is 14.5. The molecule has 0 bridgehead atoms. The van der Waals surface area contributed by atoms with Crippen molar-refractivity contribution in [3.05, 3.63) is 64.6 Å². The number of benzene rings is 1. The first-order valence-corrected chi connectivity index (χ1v) is 8.62. The number of aryl methyl sites for hydroxylation is 3. The van der Waals surface area contributed by atoms with E-state index in [-0.39, 0.29) is 19.1 Å². The molecule has 0 saturated carbocycles. The Labute approximate surface area is 153 Å². The van der Waals surface area contributed by atoms with Crippen LogP contribution in [0.2, 0.25) is 0 Å². The second-order valence-corrected chi connectivity index (χ2v) is 6.88. The summed E-state index contributed by atoms with van der Waals surface area (Å²) in [5, 5.41) is 0.448. The maximum atomic E-state index is 14.6. The molecule has 3 nitrogen and oxygen atoms in total. The molecule has 4 rings (SSSR count). The average molecular weight is 357 g/mol. The van der Waals surface area contributed by atoms with Gasteiger partial charge in [-0.15, -0.1) is 0 Å². The highest BCUT2D eigenvalue weighted by Gasteiger charge is 2.26. The van der Waals surface area contributed by atoms with Gasteiger partial charge in [0.25, 0.3) is 0 Å². The minimum absolute atomic E-state index is 0. The van der Waals surface area contributed by atoms with Crippen molar-refractivity contribution < 1.29 is 8.78 Å². The normalized spacial score (nSPS) is 14.3. The summed E-state index contributed by atoms with van der Waals surface area (Å²) >= 11 is 0. The zero-order chi connectivity index (χ0) is 17.6. The van der Waals surface area contributed by atoms with Crippen molar-refractivity contribution in [1.82, 2.24) is 14.5 Å². The SMILES string of the molecule is C.Cc1ccc(CCn2c3c(c4c(F)ccc(F)c42)CN(C)CC3)cn1. The molecule has 0 saturated heterocycles. The summed E-state index contributed by atoms with van der Waals surface area (Å²) in [6.07, 6.45) is 3.42. The van der Waals surface area contributed by atoms with Gasteiger partial charge in [0.2, 0.25) is 0 Å². The highest BCUT2D eigenvalue weighted by molar-refractivity contribution is 5.87. The highest BCUT2D eigenvalue weighted by Crippen LogP contribution is 2.34. The molecule has 0 aliphatic carbocycles. The molecule has 0 radical (unpaired) electrons. The summed E-state index contributed by atoms with van der Waals surface area (Å²) in [5.74, 6) is -0.686. The third kappa shape index (κ3) is 3.12. The van der Waals surface area contributed by atoms with E-state index < -0.39 is 0 Å². The van der Waals surface area contributed by atoms with Gasteiger partial charge in [-0.05, 0) is 49.7 Å². The van der Waals surface area contributed by atoms with Crippen molar-refractivity contribution in [3.8, 4) is 0 Å². The molecule has 0 unspecified atom stereocenters. The Morgan fingerprint density at radius 1 is 1.12 bits per heavy atom. The summed E-state index contributed by atoms with van der Waals surface area (Å²) in [5.41, 5.74) is 4.48. The van der Waals surface area contributed by atoms with Gasteiger partial charge in [0, 0.05) is 49.0 Å². The minimum Gasteiger partial charge on any atom is -0.341 e. The van der Waals surface area contributed by atoms with E-state index in [1.807, 2.05) is 36.9 Å². The molecule has 0 N–H and O–H groups in total. The maximum absolute atomic E-state index is 14.6. The molecule has 138 valence electrons. The monoisotopic (exact) mass is 357 g/mol. The molecular weight excluding hydrogens is 332 g/mol. The molecule has 0 amide bonds.